The minimum absolute atomic E-state index is 0.0475. The number of ether oxygens (including phenoxy) is 1. The smallest absolute Gasteiger partial charge is 0.290 e. The Morgan fingerprint density at radius 2 is 2.09 bits per heavy atom. The van der Waals surface area contributed by atoms with E-state index in [4.69, 9.17) is 26.2 Å². The van der Waals surface area contributed by atoms with Crippen molar-refractivity contribution in [3.63, 3.8) is 0 Å². The Bertz CT molecular complexity index is 1190. The van der Waals surface area contributed by atoms with E-state index in [2.05, 4.69) is 15.4 Å². The van der Waals surface area contributed by atoms with Crippen LogP contribution in [-0.2, 0) is 17.9 Å². The number of nitrogens with zero attached hydrogens (tertiary/aromatic N) is 4. The summed E-state index contributed by atoms with van der Waals surface area (Å²) in [6.45, 7) is 7.12. The summed E-state index contributed by atoms with van der Waals surface area (Å²) in [4.78, 5) is 28.1. The molecule has 1 saturated heterocycles. The van der Waals surface area contributed by atoms with Crippen molar-refractivity contribution >= 4 is 29.6 Å². The Kier molecular flexibility index (Phi) is 6.80. The lowest BCUT2D eigenvalue weighted by Gasteiger charge is -2.19. The van der Waals surface area contributed by atoms with Gasteiger partial charge in [-0.05, 0) is 38.9 Å². The van der Waals surface area contributed by atoms with Crippen LogP contribution in [0.1, 0.15) is 39.4 Å². The molecule has 1 unspecified atom stereocenters. The van der Waals surface area contributed by atoms with Gasteiger partial charge in [0.1, 0.15) is 5.75 Å². The molecule has 10 heteroatoms. The monoisotopic (exact) mass is 471 g/mol. The number of aromatic nitrogens is 3. The molecule has 0 radical (unpaired) electrons. The minimum atomic E-state index is -0.250. The fourth-order valence-electron chi connectivity index (χ4n) is 4.26. The van der Waals surface area contributed by atoms with Crippen molar-refractivity contribution < 1.29 is 19.4 Å². The van der Waals surface area contributed by atoms with Crippen molar-refractivity contribution in [3.05, 3.63) is 57.5 Å². The Morgan fingerprint density at radius 3 is 2.82 bits per heavy atom. The van der Waals surface area contributed by atoms with E-state index >= 15 is 0 Å². The number of carbonyl (C=O) groups is 2. The van der Waals surface area contributed by atoms with Crippen LogP contribution in [0, 0.1) is 19.8 Å². The van der Waals surface area contributed by atoms with Crippen LogP contribution in [0.4, 0.5) is 0 Å². The molecule has 4 heterocycles. The molecule has 0 spiro atoms. The molecule has 5 rings (SSSR count). The van der Waals surface area contributed by atoms with Crippen molar-refractivity contribution in [2.24, 2.45) is 5.92 Å². The number of carbonyl (C=O) groups excluding carboxylic acids is 1. The first-order valence-corrected chi connectivity index (χ1v) is 11.1. The van der Waals surface area contributed by atoms with Gasteiger partial charge in [0.2, 0.25) is 0 Å². The number of nitrogens with one attached hydrogen (secondary N) is 1. The molecule has 0 bridgehead atoms. The third-order valence-corrected chi connectivity index (χ3v) is 6.54. The van der Waals surface area contributed by atoms with Gasteiger partial charge < -0.3 is 20.1 Å². The molecule has 1 amide bonds. The highest BCUT2D eigenvalue weighted by Crippen LogP contribution is 2.31. The lowest BCUT2D eigenvalue weighted by molar-refractivity contribution is -0.122. The first-order chi connectivity index (χ1) is 15.9. The van der Waals surface area contributed by atoms with Crippen molar-refractivity contribution in [2.45, 2.75) is 33.4 Å². The molecule has 174 valence electrons. The third kappa shape index (κ3) is 4.51. The van der Waals surface area contributed by atoms with Crippen LogP contribution in [0.15, 0.2) is 24.3 Å². The van der Waals surface area contributed by atoms with Crippen molar-refractivity contribution in [1.82, 2.24) is 24.8 Å². The lowest BCUT2D eigenvalue weighted by atomic mass is 10.1. The average Bonchev–Trinajstić information content (AvgIpc) is 3.54. The Balaban J connectivity index is 0.000000821. The predicted molar refractivity (Wildman–Crippen MR) is 123 cm³/mol. The maximum atomic E-state index is 13.3. The first-order valence-electron chi connectivity index (χ1n) is 10.8. The van der Waals surface area contributed by atoms with Crippen LogP contribution in [0.3, 0.4) is 0 Å². The molecule has 1 aromatic carbocycles. The molecule has 0 aliphatic carbocycles. The molecule has 2 aromatic heterocycles. The van der Waals surface area contributed by atoms with E-state index in [9.17, 15) is 4.79 Å². The standard InChI is InChI=1S/C22H24ClN5O2.CH2O2/c1-13-20(23)14(2)28-21(25-13)17-10-27(11-18(17)26-28)22(29)16-5-3-4-6-19(16)30-12-15-7-8-24-9-15;2-1-3/h3-6,15,24H,7-12H2,1-2H3;1H,(H,2,3). The number of benzene rings is 1. The van der Waals surface area contributed by atoms with Gasteiger partial charge in [-0.2, -0.15) is 5.10 Å². The summed E-state index contributed by atoms with van der Waals surface area (Å²) >= 11 is 6.33. The average molecular weight is 472 g/mol. The second-order valence-electron chi connectivity index (χ2n) is 8.19. The predicted octanol–water partition coefficient (Wildman–Crippen LogP) is 2.84. The van der Waals surface area contributed by atoms with E-state index in [0.717, 1.165) is 47.8 Å². The number of rotatable bonds is 4. The molecular formula is C23H26ClN5O4. The van der Waals surface area contributed by atoms with Gasteiger partial charge in [0.05, 0.1) is 47.4 Å². The molecular weight excluding hydrogens is 446 g/mol. The zero-order chi connectivity index (χ0) is 23.5. The molecule has 2 N–H and O–H groups in total. The number of para-hydroxylation sites is 1. The molecule has 2 aliphatic rings. The maximum absolute atomic E-state index is 13.3. The van der Waals surface area contributed by atoms with Crippen molar-refractivity contribution in [3.8, 4) is 5.75 Å². The number of aryl methyl sites for hydroxylation is 2. The van der Waals surface area contributed by atoms with Crippen LogP contribution < -0.4 is 10.1 Å². The second-order valence-corrected chi connectivity index (χ2v) is 8.57. The summed E-state index contributed by atoms with van der Waals surface area (Å²) in [6, 6.07) is 7.49. The van der Waals surface area contributed by atoms with Crippen LogP contribution in [-0.4, -0.2) is 56.7 Å². The fourth-order valence-corrected chi connectivity index (χ4v) is 4.38. The largest absolute Gasteiger partial charge is 0.492 e. The quantitative estimate of drug-likeness (QED) is 0.563. The van der Waals surface area contributed by atoms with Crippen molar-refractivity contribution in [1.29, 1.82) is 0 Å². The number of fused-ring (bicyclic) bond motifs is 3. The van der Waals surface area contributed by atoms with Crippen LogP contribution in [0.25, 0.3) is 5.65 Å². The van der Waals surface area contributed by atoms with Gasteiger partial charge >= 0.3 is 0 Å². The van der Waals surface area contributed by atoms with Gasteiger partial charge in [0.25, 0.3) is 12.4 Å². The molecule has 3 aromatic rings. The van der Waals surface area contributed by atoms with Crippen molar-refractivity contribution in [2.75, 3.05) is 19.7 Å². The highest BCUT2D eigenvalue weighted by Gasteiger charge is 2.31. The number of amides is 1. The van der Waals surface area contributed by atoms with Gasteiger partial charge in [0, 0.05) is 18.0 Å². The molecule has 1 atom stereocenters. The van der Waals surface area contributed by atoms with Crippen LogP contribution in [0.5, 0.6) is 5.75 Å². The minimum Gasteiger partial charge on any atom is -0.492 e. The van der Waals surface area contributed by atoms with E-state index < -0.39 is 0 Å². The number of halogens is 1. The Morgan fingerprint density at radius 1 is 1.33 bits per heavy atom. The lowest BCUT2D eigenvalue weighted by Crippen LogP contribution is -2.27. The van der Waals surface area contributed by atoms with Gasteiger partial charge in [-0.1, -0.05) is 23.7 Å². The summed E-state index contributed by atoms with van der Waals surface area (Å²) < 4.78 is 7.83. The molecule has 0 saturated carbocycles. The molecule has 1 fully saturated rings. The van der Waals surface area contributed by atoms with Gasteiger partial charge in [-0.25, -0.2) is 9.50 Å². The first kappa shape index (κ1) is 23.0. The van der Waals surface area contributed by atoms with E-state index in [1.165, 1.54) is 0 Å². The summed E-state index contributed by atoms with van der Waals surface area (Å²) in [7, 11) is 0. The normalized spacial score (nSPS) is 16.9. The Labute approximate surface area is 196 Å². The van der Waals surface area contributed by atoms with E-state index in [1.54, 1.807) is 9.42 Å². The van der Waals surface area contributed by atoms with Crippen LogP contribution in [0.2, 0.25) is 5.02 Å². The van der Waals surface area contributed by atoms with Gasteiger partial charge in [0.15, 0.2) is 5.65 Å². The zero-order valence-electron chi connectivity index (χ0n) is 18.5. The third-order valence-electron chi connectivity index (χ3n) is 6.00. The SMILES string of the molecule is Cc1nc2c3c(nn2c(C)c1Cl)CN(C(=O)c1ccccc1OCC1CCNC1)C3.O=CO. The second kappa shape index (κ2) is 9.76. The molecule has 2 aliphatic heterocycles. The number of carboxylic acid groups (broad SMARTS) is 1. The van der Waals surface area contributed by atoms with E-state index in [0.29, 0.717) is 41.9 Å². The molecule has 33 heavy (non-hydrogen) atoms. The summed E-state index contributed by atoms with van der Waals surface area (Å²) in [5, 5.41) is 15.5. The number of hydrogen-bond donors (Lipinski definition) is 2. The van der Waals surface area contributed by atoms with Gasteiger partial charge in [-0.15, -0.1) is 0 Å². The fraction of sp³-hybridized carbons (Fsp3) is 0.391. The zero-order valence-corrected chi connectivity index (χ0v) is 19.3. The summed E-state index contributed by atoms with van der Waals surface area (Å²) in [5.74, 6) is 1.08. The van der Waals surface area contributed by atoms with Crippen LogP contribution >= 0.6 is 11.6 Å². The Hall–Kier alpha value is -3.17. The van der Waals surface area contributed by atoms with E-state index in [1.807, 2.05) is 38.1 Å². The number of hydrogen-bond acceptors (Lipinski definition) is 6. The summed E-state index contributed by atoms with van der Waals surface area (Å²) in [5.41, 5.74) is 4.87. The maximum Gasteiger partial charge on any atom is 0.290 e. The topological polar surface area (TPSA) is 109 Å². The summed E-state index contributed by atoms with van der Waals surface area (Å²) in [6.07, 6.45) is 1.10. The molecule has 9 nitrogen and oxygen atoms in total. The van der Waals surface area contributed by atoms with E-state index in [-0.39, 0.29) is 12.4 Å². The highest BCUT2D eigenvalue weighted by atomic mass is 35.5. The van der Waals surface area contributed by atoms with Gasteiger partial charge in [-0.3, -0.25) is 9.59 Å². The highest BCUT2D eigenvalue weighted by molar-refractivity contribution is 6.31.